The van der Waals surface area contributed by atoms with Crippen molar-refractivity contribution in [2.75, 3.05) is 28.2 Å². The van der Waals surface area contributed by atoms with Gasteiger partial charge in [0.25, 0.3) is 0 Å². The van der Waals surface area contributed by atoms with Crippen molar-refractivity contribution < 1.29 is 23.3 Å². The Kier molecular flexibility index (Phi) is 18.0. The zero-order chi connectivity index (χ0) is 27.0. The van der Waals surface area contributed by atoms with E-state index in [1.54, 1.807) is 51.5 Å². The van der Waals surface area contributed by atoms with Crippen molar-refractivity contribution in [2.45, 2.75) is 47.7 Å². The van der Waals surface area contributed by atoms with E-state index in [0.717, 1.165) is 0 Å². The maximum Gasteiger partial charge on any atom is -0.0279 e. The number of benzene rings is 2. The quantitative estimate of drug-likeness (QED) is 0.208. The predicted molar refractivity (Wildman–Crippen MR) is 158 cm³/mol. The second kappa shape index (κ2) is 18.8. The van der Waals surface area contributed by atoms with Crippen LogP contribution in [0.15, 0.2) is 77.4 Å². The second-order valence-corrected chi connectivity index (χ2v) is 18.3. The summed E-state index contributed by atoms with van der Waals surface area (Å²) in [6, 6.07) is 21.6. The Morgan fingerprint density at radius 2 is 1.37 bits per heavy atom. The molecule has 1 unspecified atom stereocenters. The van der Waals surface area contributed by atoms with Crippen LogP contribution in [0.3, 0.4) is 0 Å². The molecule has 0 fully saturated rings. The molecule has 188 valence electrons. The van der Waals surface area contributed by atoms with Crippen LogP contribution >= 0.6 is 0 Å². The van der Waals surface area contributed by atoms with Gasteiger partial charge in [-0.1, -0.05) is 75.6 Å². The topological polar surface area (TPSA) is 28.2 Å². The van der Waals surface area contributed by atoms with Gasteiger partial charge in [0.1, 0.15) is 0 Å². The van der Waals surface area contributed by atoms with E-state index < -0.39 is 0 Å². The van der Waals surface area contributed by atoms with Gasteiger partial charge in [-0.15, -0.1) is 41.5 Å². The molecule has 3 aromatic carbocycles. The van der Waals surface area contributed by atoms with Crippen LogP contribution in [0.2, 0.25) is 13.1 Å². The minimum absolute atomic E-state index is 0.210. The molecule has 0 radical (unpaired) electrons. The van der Waals surface area contributed by atoms with E-state index in [9.17, 15) is 0 Å². The van der Waals surface area contributed by atoms with Crippen molar-refractivity contribution in [1.82, 2.24) is 0 Å². The molecular weight excluding hydrogens is 520 g/mol. The Morgan fingerprint density at radius 1 is 0.857 bits per heavy atom. The zero-order valence-corrected chi connectivity index (χ0v) is 27.2. The Labute approximate surface area is 231 Å². The number of hydrogen-bond acceptors (Lipinski definition) is 0. The molecule has 0 saturated carbocycles. The minimum Gasteiger partial charge on any atom is -0.165 e. The molecule has 0 amide bonds. The van der Waals surface area contributed by atoms with Crippen LogP contribution in [-0.4, -0.2) is 33.6 Å². The minimum atomic E-state index is 0.210. The maximum absolute atomic E-state index is 3.50. The Morgan fingerprint density at radius 3 is 1.77 bits per heavy atom. The molecule has 1 aliphatic carbocycles. The SMILES string of the molecule is CC1=[C-]C(C)C(C)=C1C.C[N-]C.C[N-]C.C[Si](C)=[Zr+2].Cc1cc2c(-c3ccccc3)cccc2[cH-]1. The molecule has 1 atom stereocenters. The molecule has 0 heterocycles. The second-order valence-electron chi connectivity index (χ2n) is 8.90. The van der Waals surface area contributed by atoms with Crippen molar-refractivity contribution in [2.24, 2.45) is 5.92 Å². The van der Waals surface area contributed by atoms with E-state index in [-0.39, 0.29) is 5.43 Å². The van der Waals surface area contributed by atoms with E-state index >= 15 is 0 Å². The maximum atomic E-state index is 3.50. The first-order valence-corrected chi connectivity index (χ1v) is 18.2. The Hall–Kier alpha value is -1.45. The summed E-state index contributed by atoms with van der Waals surface area (Å²) in [4.78, 5) is 0. The number of hydrogen-bond donors (Lipinski definition) is 0. The van der Waals surface area contributed by atoms with Crippen molar-refractivity contribution in [3.05, 3.63) is 99.7 Å². The molecule has 0 aliphatic heterocycles. The average molecular weight is 564 g/mol. The summed E-state index contributed by atoms with van der Waals surface area (Å²) in [5.41, 5.74) is 8.40. The van der Waals surface area contributed by atoms with Crippen LogP contribution in [0, 0.1) is 18.9 Å². The van der Waals surface area contributed by atoms with E-state index in [4.69, 9.17) is 0 Å². The van der Waals surface area contributed by atoms with Gasteiger partial charge in [0.2, 0.25) is 0 Å². The fraction of sp³-hybridized carbons (Fsp3) is 0.387. The van der Waals surface area contributed by atoms with Gasteiger partial charge in [0, 0.05) is 0 Å². The van der Waals surface area contributed by atoms with Gasteiger partial charge in [-0.25, -0.2) is 5.57 Å². The molecule has 0 aromatic heterocycles. The standard InChI is InChI=1S/C16H13.C9H13.2C2H6N.C2H6Si.Zr/c1-12-10-14-8-5-9-15(16(14)11-12)13-6-3-2-4-7-13;1-6-5-7(2)9(4)8(6)3;3*1-3-2;/h2-11H,1H3;6H,1-4H3;3*1-2H3;/q4*-1;;+2. The summed E-state index contributed by atoms with van der Waals surface area (Å²) in [5.74, 6) is 0.560. The summed E-state index contributed by atoms with van der Waals surface area (Å²) in [7, 11) is 7.00. The summed E-state index contributed by atoms with van der Waals surface area (Å²) < 4.78 is 0. The molecule has 0 N–H and O–H groups in total. The van der Waals surface area contributed by atoms with Crippen molar-refractivity contribution in [1.29, 1.82) is 0 Å². The van der Waals surface area contributed by atoms with Crippen LogP contribution in [0.25, 0.3) is 32.5 Å². The fourth-order valence-corrected chi connectivity index (χ4v) is 3.42. The number of rotatable bonds is 1. The van der Waals surface area contributed by atoms with Crippen LogP contribution < -0.4 is 0 Å². The third-order valence-corrected chi connectivity index (χ3v) is 5.22. The fourth-order valence-electron chi connectivity index (χ4n) is 3.42. The molecule has 2 nitrogen and oxygen atoms in total. The first-order chi connectivity index (χ1) is 16.5. The first kappa shape index (κ1) is 33.5. The summed E-state index contributed by atoms with van der Waals surface area (Å²) in [6.45, 7) is 15.4. The molecule has 0 saturated heterocycles. The van der Waals surface area contributed by atoms with E-state index in [1.165, 1.54) is 44.2 Å². The summed E-state index contributed by atoms with van der Waals surface area (Å²) in [5, 5.41) is 9.69. The third kappa shape index (κ3) is 12.9. The first-order valence-electron chi connectivity index (χ1n) is 12.0. The smallest absolute Gasteiger partial charge is 0.0279 e. The van der Waals surface area contributed by atoms with Gasteiger partial charge < -0.3 is 10.6 Å². The van der Waals surface area contributed by atoms with Crippen molar-refractivity contribution in [3.8, 4) is 11.1 Å². The molecule has 3 aromatic rings. The molecular formula is C31H44N2SiZr-2. The van der Waals surface area contributed by atoms with E-state index in [1.807, 2.05) is 0 Å². The normalized spacial score (nSPS) is 13.7. The average Bonchev–Trinajstić information content (AvgIpc) is 3.29. The van der Waals surface area contributed by atoms with Crippen LogP contribution in [0.1, 0.15) is 33.3 Å². The number of nitrogens with zero attached hydrogens (tertiary/aromatic N) is 2. The molecule has 1 aliphatic rings. The molecule has 4 heteroatoms. The van der Waals surface area contributed by atoms with Gasteiger partial charge in [-0.3, -0.25) is 6.08 Å². The monoisotopic (exact) mass is 562 g/mol. The largest absolute Gasteiger partial charge is 0.165 e. The summed E-state index contributed by atoms with van der Waals surface area (Å²) >= 11 is 1.74. The van der Waals surface area contributed by atoms with Gasteiger partial charge in [0.15, 0.2) is 0 Å². The van der Waals surface area contributed by atoms with Gasteiger partial charge in [-0.05, 0) is 5.56 Å². The Bertz CT molecular complexity index is 1070. The van der Waals surface area contributed by atoms with Crippen molar-refractivity contribution >= 4 is 16.2 Å². The van der Waals surface area contributed by atoms with Gasteiger partial charge >= 0.3 is 41.9 Å². The van der Waals surface area contributed by atoms with Gasteiger partial charge in [-0.2, -0.15) is 45.4 Å². The number of allylic oxidation sites excluding steroid dienone is 4. The molecule has 0 bridgehead atoms. The molecule has 35 heavy (non-hydrogen) atoms. The summed E-state index contributed by atoms with van der Waals surface area (Å²) in [6.07, 6.45) is 3.36. The van der Waals surface area contributed by atoms with Crippen LogP contribution in [0.5, 0.6) is 0 Å². The molecule has 0 spiro atoms. The van der Waals surface area contributed by atoms with Crippen LogP contribution in [0.4, 0.5) is 0 Å². The number of fused-ring (bicyclic) bond motifs is 1. The predicted octanol–water partition coefficient (Wildman–Crippen LogP) is 9.28. The molecule has 4 rings (SSSR count). The third-order valence-electron chi connectivity index (χ3n) is 5.22. The van der Waals surface area contributed by atoms with E-state index in [0.29, 0.717) is 5.92 Å². The van der Waals surface area contributed by atoms with Gasteiger partial charge in [0.05, 0.1) is 0 Å². The Balaban J connectivity index is 0.000000515. The number of aryl methyl sites for hydroxylation is 1. The van der Waals surface area contributed by atoms with Crippen LogP contribution in [-0.2, 0) is 23.3 Å². The zero-order valence-electron chi connectivity index (χ0n) is 23.7. The van der Waals surface area contributed by atoms with E-state index in [2.05, 4.69) is 125 Å². The van der Waals surface area contributed by atoms with Crippen molar-refractivity contribution in [3.63, 3.8) is 0 Å².